The third-order valence-corrected chi connectivity index (χ3v) is 3.47. The molecular formula is C17H25NO. The van der Waals surface area contributed by atoms with Crippen molar-refractivity contribution in [1.29, 1.82) is 0 Å². The average molecular weight is 259 g/mol. The number of amides is 1. The first-order valence-corrected chi connectivity index (χ1v) is 7.02. The molecular weight excluding hydrogens is 234 g/mol. The maximum Gasteiger partial charge on any atom is 0.253 e. The molecule has 1 amide bonds. The maximum atomic E-state index is 12.2. The predicted octanol–water partition coefficient (Wildman–Crippen LogP) is 3.91. The van der Waals surface area contributed by atoms with Gasteiger partial charge in [0.15, 0.2) is 0 Å². The highest BCUT2D eigenvalue weighted by molar-refractivity contribution is 6.18. The van der Waals surface area contributed by atoms with Gasteiger partial charge in [-0.2, -0.15) is 0 Å². The monoisotopic (exact) mass is 259 g/mol. The van der Waals surface area contributed by atoms with Crippen molar-refractivity contribution in [2.45, 2.75) is 46.1 Å². The number of unbranched alkanes of at least 4 members (excludes halogenated alkanes) is 1. The number of nitrogens with zero attached hydrogens (tertiary/aromatic N) is 1. The van der Waals surface area contributed by atoms with Gasteiger partial charge in [0, 0.05) is 18.7 Å². The smallest absolute Gasteiger partial charge is 0.253 e. The van der Waals surface area contributed by atoms with Gasteiger partial charge in [-0.1, -0.05) is 44.2 Å². The zero-order valence-corrected chi connectivity index (χ0v) is 12.6. The first-order chi connectivity index (χ1) is 8.97. The molecule has 0 bridgehead atoms. The Morgan fingerprint density at radius 2 is 1.84 bits per heavy atom. The summed E-state index contributed by atoms with van der Waals surface area (Å²) in [5.74, 6) is -0.00342. The van der Waals surface area contributed by atoms with Crippen LogP contribution in [0.2, 0.25) is 0 Å². The molecule has 0 aliphatic rings. The van der Waals surface area contributed by atoms with Crippen molar-refractivity contribution in [2.24, 2.45) is 0 Å². The zero-order valence-electron chi connectivity index (χ0n) is 12.6. The number of rotatable bonds is 6. The third kappa shape index (κ3) is 4.23. The second kappa shape index (κ2) is 7.13. The van der Waals surface area contributed by atoms with E-state index in [1.54, 1.807) is 4.90 Å². The van der Waals surface area contributed by atoms with Crippen LogP contribution in [-0.4, -0.2) is 23.9 Å². The molecule has 0 aliphatic heterocycles. The van der Waals surface area contributed by atoms with E-state index in [0.717, 1.165) is 12.0 Å². The first kappa shape index (κ1) is 15.5. The molecule has 19 heavy (non-hydrogen) atoms. The summed E-state index contributed by atoms with van der Waals surface area (Å²) in [4.78, 5) is 13.9. The summed E-state index contributed by atoms with van der Waals surface area (Å²) in [5, 5.41) is 0. The molecule has 0 fully saturated rings. The van der Waals surface area contributed by atoms with E-state index in [-0.39, 0.29) is 11.9 Å². The van der Waals surface area contributed by atoms with Crippen LogP contribution in [0.3, 0.4) is 0 Å². The van der Waals surface area contributed by atoms with Crippen molar-refractivity contribution < 1.29 is 4.79 Å². The second-order valence-electron chi connectivity index (χ2n) is 5.29. The highest BCUT2D eigenvalue weighted by Gasteiger charge is 2.16. The third-order valence-electron chi connectivity index (χ3n) is 3.47. The summed E-state index contributed by atoms with van der Waals surface area (Å²) < 4.78 is 0. The molecule has 1 aromatic carbocycles. The maximum absolute atomic E-state index is 12.2. The molecule has 0 heterocycles. The van der Waals surface area contributed by atoms with Crippen molar-refractivity contribution in [3.05, 3.63) is 42.0 Å². The van der Waals surface area contributed by atoms with Crippen molar-refractivity contribution in [3.8, 4) is 0 Å². The van der Waals surface area contributed by atoms with Gasteiger partial charge in [-0.15, -0.1) is 0 Å². The van der Waals surface area contributed by atoms with E-state index in [2.05, 4.69) is 25.6 Å². The van der Waals surface area contributed by atoms with Crippen LogP contribution in [0.4, 0.5) is 0 Å². The molecule has 104 valence electrons. The summed E-state index contributed by atoms with van der Waals surface area (Å²) in [7, 11) is 1.81. The minimum absolute atomic E-state index is 0.00342. The van der Waals surface area contributed by atoms with Crippen LogP contribution in [0.15, 0.2) is 30.8 Å². The highest BCUT2D eigenvalue weighted by atomic mass is 16.2. The summed E-state index contributed by atoms with van der Waals surface area (Å²) in [6.45, 7) is 10.1. The number of carbonyl (C=O) groups excluding carboxylic acids is 1. The van der Waals surface area contributed by atoms with E-state index < -0.39 is 0 Å². The molecule has 0 N–H and O–H groups in total. The van der Waals surface area contributed by atoms with Gasteiger partial charge < -0.3 is 4.90 Å². The second-order valence-corrected chi connectivity index (χ2v) is 5.29. The van der Waals surface area contributed by atoms with Crippen LogP contribution < -0.4 is 0 Å². The van der Waals surface area contributed by atoms with Gasteiger partial charge in [0.1, 0.15) is 0 Å². The summed E-state index contributed by atoms with van der Waals surface area (Å²) in [5.41, 5.74) is 2.80. The Hall–Kier alpha value is -1.57. The number of benzene rings is 1. The molecule has 0 atom stereocenters. The van der Waals surface area contributed by atoms with Gasteiger partial charge in [0.2, 0.25) is 0 Å². The fraction of sp³-hybridized carbons (Fsp3) is 0.471. The zero-order chi connectivity index (χ0) is 14.4. The van der Waals surface area contributed by atoms with Crippen LogP contribution in [-0.2, 0) is 11.2 Å². The molecule has 0 unspecified atom stereocenters. The van der Waals surface area contributed by atoms with Gasteiger partial charge in [0.05, 0.1) is 0 Å². The van der Waals surface area contributed by atoms with Crippen molar-refractivity contribution in [2.75, 3.05) is 7.05 Å². The Bertz CT molecular complexity index is 431. The van der Waals surface area contributed by atoms with Crippen molar-refractivity contribution >= 4 is 11.5 Å². The lowest BCUT2D eigenvalue weighted by molar-refractivity contribution is -0.125. The Morgan fingerprint density at radius 1 is 1.26 bits per heavy atom. The summed E-state index contributed by atoms with van der Waals surface area (Å²) in [6, 6.07) is 8.38. The lowest BCUT2D eigenvalue weighted by Crippen LogP contribution is -2.33. The van der Waals surface area contributed by atoms with E-state index in [1.165, 1.54) is 18.4 Å². The van der Waals surface area contributed by atoms with E-state index in [4.69, 9.17) is 0 Å². The molecule has 0 aliphatic carbocycles. The lowest BCUT2D eigenvalue weighted by Gasteiger charge is -2.22. The van der Waals surface area contributed by atoms with Gasteiger partial charge >= 0.3 is 0 Å². The van der Waals surface area contributed by atoms with E-state index in [1.807, 2.05) is 33.0 Å². The molecule has 0 saturated heterocycles. The lowest BCUT2D eigenvalue weighted by atomic mass is 10.0. The largest absolute Gasteiger partial charge is 0.339 e. The Morgan fingerprint density at radius 3 is 2.32 bits per heavy atom. The average Bonchev–Trinajstić information content (AvgIpc) is 2.43. The van der Waals surface area contributed by atoms with Crippen LogP contribution >= 0.6 is 0 Å². The molecule has 0 radical (unpaired) electrons. The highest BCUT2D eigenvalue weighted by Crippen LogP contribution is 2.17. The SMILES string of the molecule is C=C(C(=O)N(C)C(C)C)c1ccc(CCCC)cc1. The Balaban J connectivity index is 2.75. The number of hydrogen-bond donors (Lipinski definition) is 0. The minimum Gasteiger partial charge on any atom is -0.339 e. The van der Waals surface area contributed by atoms with Gasteiger partial charge in [-0.25, -0.2) is 0 Å². The molecule has 1 aromatic rings. The van der Waals surface area contributed by atoms with Gasteiger partial charge in [0.25, 0.3) is 5.91 Å². The van der Waals surface area contributed by atoms with Crippen molar-refractivity contribution in [3.63, 3.8) is 0 Å². The quantitative estimate of drug-likeness (QED) is 0.709. The Labute approximate surface area is 117 Å². The fourth-order valence-electron chi connectivity index (χ4n) is 1.82. The van der Waals surface area contributed by atoms with E-state index >= 15 is 0 Å². The standard InChI is InChI=1S/C17H25NO/c1-6-7-8-15-9-11-16(12-10-15)14(4)17(19)18(5)13(2)3/h9-13H,4,6-8H2,1-3,5H3. The summed E-state index contributed by atoms with van der Waals surface area (Å²) in [6.07, 6.45) is 3.50. The molecule has 1 rings (SSSR count). The number of aryl methyl sites for hydroxylation is 1. The van der Waals surface area contributed by atoms with E-state index in [9.17, 15) is 4.79 Å². The van der Waals surface area contributed by atoms with E-state index in [0.29, 0.717) is 5.57 Å². The van der Waals surface area contributed by atoms with Gasteiger partial charge in [-0.3, -0.25) is 4.79 Å². The number of hydrogen-bond acceptors (Lipinski definition) is 1. The number of likely N-dealkylation sites (N-methyl/N-ethyl adjacent to an activating group) is 1. The number of carbonyl (C=O) groups is 1. The first-order valence-electron chi connectivity index (χ1n) is 7.02. The minimum atomic E-state index is -0.00342. The molecule has 0 spiro atoms. The van der Waals surface area contributed by atoms with Crippen molar-refractivity contribution in [1.82, 2.24) is 4.90 Å². The van der Waals surface area contributed by atoms with Crippen LogP contribution in [0, 0.1) is 0 Å². The summed E-state index contributed by atoms with van der Waals surface area (Å²) >= 11 is 0. The van der Waals surface area contributed by atoms with Crippen LogP contribution in [0.25, 0.3) is 5.57 Å². The normalized spacial score (nSPS) is 10.6. The molecule has 0 aromatic heterocycles. The van der Waals surface area contributed by atoms with Crippen LogP contribution in [0.5, 0.6) is 0 Å². The predicted molar refractivity (Wildman–Crippen MR) is 82.0 cm³/mol. The topological polar surface area (TPSA) is 20.3 Å². The fourth-order valence-corrected chi connectivity index (χ4v) is 1.82. The molecule has 0 saturated carbocycles. The van der Waals surface area contributed by atoms with Gasteiger partial charge in [-0.05, 0) is 37.8 Å². The molecule has 2 heteroatoms. The molecule has 2 nitrogen and oxygen atoms in total. The van der Waals surface area contributed by atoms with Crippen LogP contribution in [0.1, 0.15) is 44.7 Å². The Kier molecular flexibility index (Phi) is 5.81.